The third-order valence-corrected chi connectivity index (χ3v) is 5.31. The Hall–Kier alpha value is -3.45. The van der Waals surface area contributed by atoms with Gasteiger partial charge in [0.25, 0.3) is 5.56 Å². The van der Waals surface area contributed by atoms with Crippen LogP contribution in [0.1, 0.15) is 29.9 Å². The van der Waals surface area contributed by atoms with Gasteiger partial charge >= 0.3 is 0 Å². The highest BCUT2D eigenvalue weighted by atomic mass is 35.5. The van der Waals surface area contributed by atoms with Gasteiger partial charge in [0.2, 0.25) is 17.6 Å². The van der Waals surface area contributed by atoms with Crippen LogP contribution >= 0.6 is 11.6 Å². The predicted octanol–water partition coefficient (Wildman–Crippen LogP) is 4.18. The molecule has 0 aliphatic rings. The molecule has 4 aromatic rings. The molecule has 2 heterocycles. The van der Waals surface area contributed by atoms with Crippen LogP contribution in [0, 0.1) is 6.92 Å². The van der Waals surface area contributed by atoms with Gasteiger partial charge in [-0.1, -0.05) is 47.1 Å². The number of pyridine rings is 1. The summed E-state index contributed by atoms with van der Waals surface area (Å²) in [5, 5.41) is 8.30. The van der Waals surface area contributed by atoms with Crippen LogP contribution in [-0.2, 0) is 17.8 Å². The lowest BCUT2D eigenvalue weighted by molar-refractivity contribution is -0.121. The van der Waals surface area contributed by atoms with Gasteiger partial charge in [0.05, 0.1) is 5.56 Å². The number of benzene rings is 2. The summed E-state index contributed by atoms with van der Waals surface area (Å²) in [7, 11) is 0. The monoisotopic (exact) mass is 436 g/mol. The quantitative estimate of drug-likeness (QED) is 0.452. The minimum Gasteiger partial charge on any atom is -0.352 e. The maximum atomic E-state index is 12.4. The van der Waals surface area contributed by atoms with E-state index in [0.29, 0.717) is 42.3 Å². The molecule has 2 N–H and O–H groups in total. The van der Waals surface area contributed by atoms with Crippen molar-refractivity contribution < 1.29 is 9.32 Å². The first-order valence-corrected chi connectivity index (χ1v) is 10.3. The third kappa shape index (κ3) is 5.00. The second-order valence-electron chi connectivity index (χ2n) is 7.34. The number of amides is 1. The zero-order chi connectivity index (χ0) is 21.8. The minimum atomic E-state index is -0.274. The Morgan fingerprint density at radius 1 is 1.19 bits per heavy atom. The van der Waals surface area contributed by atoms with E-state index in [1.54, 1.807) is 12.1 Å². The molecule has 31 heavy (non-hydrogen) atoms. The molecule has 0 aliphatic heterocycles. The van der Waals surface area contributed by atoms with Crippen molar-refractivity contribution in [3.8, 4) is 11.4 Å². The average Bonchev–Trinajstić information content (AvgIpc) is 3.21. The molecule has 0 spiro atoms. The van der Waals surface area contributed by atoms with Crippen molar-refractivity contribution in [1.82, 2.24) is 20.4 Å². The summed E-state index contributed by atoms with van der Waals surface area (Å²) in [4.78, 5) is 31.7. The van der Waals surface area contributed by atoms with Crippen LogP contribution in [0.15, 0.2) is 57.8 Å². The first-order chi connectivity index (χ1) is 15.0. The van der Waals surface area contributed by atoms with Crippen molar-refractivity contribution in [3.63, 3.8) is 0 Å². The number of carbonyl (C=O) groups is 1. The fraction of sp³-hybridized carbons (Fsp3) is 0.217. The zero-order valence-electron chi connectivity index (χ0n) is 16.9. The number of H-pyrrole nitrogens is 1. The Morgan fingerprint density at radius 2 is 2.03 bits per heavy atom. The number of aryl methyl sites for hydroxylation is 2. The van der Waals surface area contributed by atoms with Gasteiger partial charge in [-0.25, -0.2) is 0 Å². The van der Waals surface area contributed by atoms with Crippen LogP contribution < -0.4 is 10.9 Å². The number of rotatable bonds is 7. The first-order valence-electron chi connectivity index (χ1n) is 9.96. The van der Waals surface area contributed by atoms with Crippen LogP contribution in [0.3, 0.4) is 0 Å². The van der Waals surface area contributed by atoms with E-state index in [9.17, 15) is 9.59 Å². The largest absolute Gasteiger partial charge is 0.352 e. The van der Waals surface area contributed by atoms with Crippen molar-refractivity contribution in [2.45, 2.75) is 32.7 Å². The lowest BCUT2D eigenvalue weighted by Crippen LogP contribution is -2.22. The Balaban J connectivity index is 1.34. The molecule has 0 unspecified atom stereocenters. The molecule has 0 atom stereocenters. The van der Waals surface area contributed by atoms with Crippen molar-refractivity contribution in [1.29, 1.82) is 0 Å². The maximum Gasteiger partial charge on any atom is 0.259 e. The number of hydrogen-bond donors (Lipinski definition) is 2. The van der Waals surface area contributed by atoms with Gasteiger partial charge < -0.3 is 14.8 Å². The van der Waals surface area contributed by atoms with E-state index in [0.717, 1.165) is 22.0 Å². The summed E-state index contributed by atoms with van der Waals surface area (Å²) in [6, 6.07) is 15.0. The molecule has 0 saturated carbocycles. The number of nitrogens with one attached hydrogen (secondary N) is 2. The second kappa shape index (κ2) is 9.14. The summed E-state index contributed by atoms with van der Waals surface area (Å²) in [6.45, 7) is 2.35. The van der Waals surface area contributed by atoms with E-state index >= 15 is 0 Å². The fourth-order valence-electron chi connectivity index (χ4n) is 3.27. The smallest absolute Gasteiger partial charge is 0.259 e. The van der Waals surface area contributed by atoms with Crippen molar-refractivity contribution >= 4 is 28.4 Å². The fourth-order valence-corrected chi connectivity index (χ4v) is 3.47. The van der Waals surface area contributed by atoms with Gasteiger partial charge in [0.15, 0.2) is 0 Å². The average molecular weight is 437 g/mol. The molecule has 158 valence electrons. The van der Waals surface area contributed by atoms with Crippen LogP contribution in [0.4, 0.5) is 0 Å². The zero-order valence-corrected chi connectivity index (χ0v) is 17.7. The van der Waals surface area contributed by atoms with Crippen LogP contribution in [0.5, 0.6) is 0 Å². The summed E-state index contributed by atoms with van der Waals surface area (Å²) in [6.07, 6.45) is 1.30. The molecule has 0 aliphatic carbocycles. The Morgan fingerprint density at radius 3 is 2.87 bits per heavy atom. The number of halogens is 1. The van der Waals surface area contributed by atoms with E-state index in [1.165, 1.54) is 0 Å². The van der Waals surface area contributed by atoms with Gasteiger partial charge in [0, 0.05) is 29.9 Å². The number of carbonyl (C=O) groups excluding carboxylic acids is 1. The lowest BCUT2D eigenvalue weighted by Gasteiger charge is -2.06. The van der Waals surface area contributed by atoms with Gasteiger partial charge in [-0.15, -0.1) is 0 Å². The highest BCUT2D eigenvalue weighted by Gasteiger charge is 2.14. The lowest BCUT2D eigenvalue weighted by atomic mass is 10.1. The molecule has 7 nitrogen and oxygen atoms in total. The van der Waals surface area contributed by atoms with Crippen molar-refractivity contribution in [2.75, 3.05) is 0 Å². The van der Waals surface area contributed by atoms with E-state index in [2.05, 4.69) is 20.4 Å². The molecule has 0 bridgehead atoms. The van der Waals surface area contributed by atoms with Crippen LogP contribution in [0.25, 0.3) is 22.3 Å². The standard InChI is InChI=1S/C23H21ClN4O3/c1-14-9-10-15-12-17(23(30)26-19(15)11-14)22-27-21(31-28-22)8-4-7-20(29)25-13-16-5-2-3-6-18(16)24/h2-3,5-6,9-12H,4,7-8,13H2,1H3,(H,25,29)(H,26,30). The molecular formula is C23H21ClN4O3. The van der Waals surface area contributed by atoms with Crippen molar-refractivity contribution in [3.05, 3.63) is 80.9 Å². The van der Waals surface area contributed by atoms with Gasteiger partial charge in [-0.05, 0) is 48.1 Å². The summed E-state index contributed by atoms with van der Waals surface area (Å²) in [5.41, 5.74) is 2.77. The summed E-state index contributed by atoms with van der Waals surface area (Å²) >= 11 is 6.09. The molecule has 0 saturated heterocycles. The number of aromatic nitrogens is 3. The topological polar surface area (TPSA) is 101 Å². The Bertz CT molecular complexity index is 1300. The number of fused-ring (bicyclic) bond motifs is 1. The molecule has 2 aromatic heterocycles. The SMILES string of the molecule is Cc1ccc2cc(-c3noc(CCCC(=O)NCc4ccccc4Cl)n3)c(=O)[nH]c2c1. The number of hydrogen-bond acceptors (Lipinski definition) is 5. The third-order valence-electron chi connectivity index (χ3n) is 4.94. The highest BCUT2D eigenvalue weighted by molar-refractivity contribution is 6.31. The summed E-state index contributed by atoms with van der Waals surface area (Å²) in [5.74, 6) is 0.542. The molecule has 0 fully saturated rings. The molecular weight excluding hydrogens is 416 g/mol. The number of nitrogens with zero attached hydrogens (tertiary/aromatic N) is 2. The molecule has 1 amide bonds. The summed E-state index contributed by atoms with van der Waals surface area (Å²) < 4.78 is 5.27. The molecule has 4 rings (SSSR count). The molecule has 0 radical (unpaired) electrons. The van der Waals surface area contributed by atoms with Gasteiger partial charge in [-0.3, -0.25) is 9.59 Å². The van der Waals surface area contributed by atoms with Crippen LogP contribution in [0.2, 0.25) is 5.02 Å². The molecule has 8 heteroatoms. The van der Waals surface area contributed by atoms with Crippen LogP contribution in [-0.4, -0.2) is 21.0 Å². The Kier molecular flexibility index (Phi) is 6.13. The maximum absolute atomic E-state index is 12.4. The normalized spacial score (nSPS) is 11.0. The highest BCUT2D eigenvalue weighted by Crippen LogP contribution is 2.19. The number of aromatic amines is 1. The van der Waals surface area contributed by atoms with Gasteiger partial charge in [-0.2, -0.15) is 4.98 Å². The van der Waals surface area contributed by atoms with E-state index in [-0.39, 0.29) is 17.3 Å². The van der Waals surface area contributed by atoms with Crippen molar-refractivity contribution in [2.24, 2.45) is 0 Å². The predicted molar refractivity (Wildman–Crippen MR) is 119 cm³/mol. The molecule has 2 aromatic carbocycles. The van der Waals surface area contributed by atoms with Gasteiger partial charge in [0.1, 0.15) is 0 Å². The first kappa shape index (κ1) is 20.8. The minimum absolute atomic E-state index is 0.0825. The van der Waals surface area contributed by atoms with E-state index in [4.69, 9.17) is 16.1 Å². The van der Waals surface area contributed by atoms with E-state index in [1.807, 2.05) is 43.3 Å². The van der Waals surface area contributed by atoms with E-state index < -0.39 is 0 Å². The Labute approximate surface area is 183 Å². The second-order valence-corrected chi connectivity index (χ2v) is 7.74.